The first-order valence-electron chi connectivity index (χ1n) is 7.72. The SMILES string of the molecule is CNC(CN(C)CC1CCCN1C)c1ccc(C)cc1. The lowest BCUT2D eigenvalue weighted by Gasteiger charge is -2.29. The smallest absolute Gasteiger partial charge is 0.0446 e. The van der Waals surface area contributed by atoms with E-state index in [0.29, 0.717) is 6.04 Å². The van der Waals surface area contributed by atoms with Gasteiger partial charge in [-0.05, 0) is 53.0 Å². The number of rotatable bonds is 6. The Hall–Kier alpha value is -0.900. The number of benzene rings is 1. The van der Waals surface area contributed by atoms with Gasteiger partial charge in [-0.25, -0.2) is 0 Å². The van der Waals surface area contributed by atoms with Crippen LogP contribution in [0.5, 0.6) is 0 Å². The minimum Gasteiger partial charge on any atom is -0.312 e. The minimum absolute atomic E-state index is 0.410. The molecule has 1 N–H and O–H groups in total. The lowest BCUT2D eigenvalue weighted by molar-refractivity contribution is 0.208. The molecule has 3 heteroatoms. The third-order valence-electron chi connectivity index (χ3n) is 4.52. The van der Waals surface area contributed by atoms with Gasteiger partial charge < -0.3 is 15.1 Å². The van der Waals surface area contributed by atoms with Crippen LogP contribution in [0.1, 0.15) is 30.0 Å². The first kappa shape index (κ1) is 15.5. The van der Waals surface area contributed by atoms with Crippen LogP contribution in [0.15, 0.2) is 24.3 Å². The fraction of sp³-hybridized carbons (Fsp3) is 0.647. The minimum atomic E-state index is 0.410. The molecule has 2 unspecified atom stereocenters. The van der Waals surface area contributed by atoms with E-state index < -0.39 is 0 Å². The highest BCUT2D eigenvalue weighted by atomic mass is 15.2. The molecule has 1 aliphatic heterocycles. The molecule has 0 radical (unpaired) electrons. The van der Waals surface area contributed by atoms with Crippen molar-refractivity contribution in [2.24, 2.45) is 0 Å². The van der Waals surface area contributed by atoms with Gasteiger partial charge in [0.15, 0.2) is 0 Å². The Labute approximate surface area is 124 Å². The van der Waals surface area contributed by atoms with E-state index in [-0.39, 0.29) is 0 Å². The summed E-state index contributed by atoms with van der Waals surface area (Å²) in [6.45, 7) is 5.62. The van der Waals surface area contributed by atoms with Crippen molar-refractivity contribution in [2.75, 3.05) is 40.8 Å². The maximum atomic E-state index is 3.45. The van der Waals surface area contributed by atoms with Crippen LogP contribution in [0.25, 0.3) is 0 Å². The van der Waals surface area contributed by atoms with Crippen molar-refractivity contribution in [1.82, 2.24) is 15.1 Å². The molecule has 0 aromatic heterocycles. The van der Waals surface area contributed by atoms with Crippen LogP contribution in [0, 0.1) is 6.92 Å². The molecule has 1 aliphatic rings. The van der Waals surface area contributed by atoms with Crippen LogP contribution in [-0.4, -0.2) is 56.6 Å². The van der Waals surface area contributed by atoms with Crippen molar-refractivity contribution in [3.8, 4) is 0 Å². The molecule has 112 valence electrons. The second-order valence-electron chi connectivity index (χ2n) is 6.25. The summed E-state index contributed by atoms with van der Waals surface area (Å²) in [5.74, 6) is 0. The molecule has 1 heterocycles. The van der Waals surface area contributed by atoms with E-state index in [9.17, 15) is 0 Å². The fourth-order valence-corrected chi connectivity index (χ4v) is 3.12. The fourth-order valence-electron chi connectivity index (χ4n) is 3.12. The van der Waals surface area contributed by atoms with Crippen molar-refractivity contribution >= 4 is 0 Å². The van der Waals surface area contributed by atoms with E-state index in [1.165, 1.54) is 37.1 Å². The van der Waals surface area contributed by atoms with E-state index in [0.717, 1.165) is 12.6 Å². The van der Waals surface area contributed by atoms with Crippen molar-refractivity contribution in [2.45, 2.75) is 31.8 Å². The number of nitrogens with zero attached hydrogens (tertiary/aromatic N) is 2. The molecule has 1 aromatic rings. The Bertz CT molecular complexity index is 401. The van der Waals surface area contributed by atoms with Gasteiger partial charge in [0.25, 0.3) is 0 Å². The quantitative estimate of drug-likeness (QED) is 0.859. The van der Waals surface area contributed by atoms with Gasteiger partial charge in [0.05, 0.1) is 0 Å². The van der Waals surface area contributed by atoms with Crippen molar-refractivity contribution < 1.29 is 0 Å². The summed E-state index contributed by atoms with van der Waals surface area (Å²) in [7, 11) is 6.55. The summed E-state index contributed by atoms with van der Waals surface area (Å²) in [6.07, 6.45) is 2.69. The summed E-state index contributed by atoms with van der Waals surface area (Å²) in [6, 6.07) is 10.0. The number of aryl methyl sites for hydroxylation is 1. The molecule has 2 rings (SSSR count). The predicted molar refractivity (Wildman–Crippen MR) is 86.1 cm³/mol. The molecule has 0 saturated carbocycles. The van der Waals surface area contributed by atoms with Crippen molar-refractivity contribution in [3.05, 3.63) is 35.4 Å². The predicted octanol–water partition coefficient (Wildman–Crippen LogP) is 2.28. The second-order valence-corrected chi connectivity index (χ2v) is 6.25. The number of likely N-dealkylation sites (N-methyl/N-ethyl adjacent to an activating group) is 3. The van der Waals surface area contributed by atoms with Crippen molar-refractivity contribution in [3.63, 3.8) is 0 Å². The van der Waals surface area contributed by atoms with Gasteiger partial charge >= 0.3 is 0 Å². The summed E-state index contributed by atoms with van der Waals surface area (Å²) >= 11 is 0. The van der Waals surface area contributed by atoms with Crippen LogP contribution in [0.2, 0.25) is 0 Å². The molecule has 3 nitrogen and oxygen atoms in total. The lowest BCUT2D eigenvalue weighted by Crippen LogP contribution is -2.40. The first-order chi connectivity index (χ1) is 9.60. The van der Waals surface area contributed by atoms with Crippen molar-refractivity contribution in [1.29, 1.82) is 0 Å². The van der Waals surface area contributed by atoms with Gasteiger partial charge in [-0.2, -0.15) is 0 Å². The van der Waals surface area contributed by atoms with E-state index >= 15 is 0 Å². The molecular formula is C17H29N3. The average Bonchev–Trinajstić information content (AvgIpc) is 2.83. The standard InChI is InChI=1S/C17H29N3/c1-14-7-9-15(10-8-14)17(18-2)13-19(3)12-16-6-5-11-20(16)4/h7-10,16-18H,5-6,11-13H2,1-4H3. The average molecular weight is 275 g/mol. The zero-order chi connectivity index (χ0) is 14.5. The number of hydrogen-bond donors (Lipinski definition) is 1. The molecular weight excluding hydrogens is 246 g/mol. The molecule has 1 fully saturated rings. The highest BCUT2D eigenvalue weighted by Gasteiger charge is 2.23. The Kier molecular flexibility index (Phi) is 5.58. The number of nitrogens with one attached hydrogen (secondary N) is 1. The van der Waals surface area contributed by atoms with Gasteiger partial charge in [0, 0.05) is 25.2 Å². The van der Waals surface area contributed by atoms with E-state index in [2.05, 4.69) is 67.4 Å². The van der Waals surface area contributed by atoms with E-state index in [4.69, 9.17) is 0 Å². The Morgan fingerprint density at radius 2 is 2.05 bits per heavy atom. The topological polar surface area (TPSA) is 18.5 Å². The van der Waals surface area contributed by atoms with Crippen LogP contribution < -0.4 is 5.32 Å². The number of hydrogen-bond acceptors (Lipinski definition) is 3. The van der Waals surface area contributed by atoms with Crippen LogP contribution in [-0.2, 0) is 0 Å². The summed E-state index contributed by atoms with van der Waals surface area (Å²) in [5, 5.41) is 3.45. The summed E-state index contributed by atoms with van der Waals surface area (Å²) < 4.78 is 0. The Balaban J connectivity index is 1.90. The maximum absolute atomic E-state index is 3.45. The molecule has 0 amide bonds. The largest absolute Gasteiger partial charge is 0.312 e. The molecule has 20 heavy (non-hydrogen) atoms. The van der Waals surface area contributed by atoms with Gasteiger partial charge in [0.1, 0.15) is 0 Å². The summed E-state index contributed by atoms with van der Waals surface area (Å²) in [5.41, 5.74) is 2.70. The van der Waals surface area contributed by atoms with Gasteiger partial charge in [-0.1, -0.05) is 29.8 Å². The van der Waals surface area contributed by atoms with Crippen LogP contribution >= 0.6 is 0 Å². The maximum Gasteiger partial charge on any atom is 0.0446 e. The molecule has 1 saturated heterocycles. The molecule has 2 atom stereocenters. The Morgan fingerprint density at radius 1 is 1.35 bits per heavy atom. The van der Waals surface area contributed by atoms with Crippen LogP contribution in [0.4, 0.5) is 0 Å². The zero-order valence-corrected chi connectivity index (χ0v) is 13.4. The third kappa shape index (κ3) is 4.05. The highest BCUT2D eigenvalue weighted by Crippen LogP contribution is 2.18. The van der Waals surface area contributed by atoms with Gasteiger partial charge in [0.2, 0.25) is 0 Å². The molecule has 1 aromatic carbocycles. The first-order valence-corrected chi connectivity index (χ1v) is 7.72. The van der Waals surface area contributed by atoms with E-state index in [1.807, 2.05) is 0 Å². The highest BCUT2D eigenvalue weighted by molar-refractivity contribution is 5.24. The lowest BCUT2D eigenvalue weighted by atomic mass is 10.0. The normalized spacial score (nSPS) is 21.6. The van der Waals surface area contributed by atoms with Crippen LogP contribution in [0.3, 0.4) is 0 Å². The van der Waals surface area contributed by atoms with Gasteiger partial charge in [-0.15, -0.1) is 0 Å². The molecule has 0 spiro atoms. The molecule has 0 aliphatic carbocycles. The monoisotopic (exact) mass is 275 g/mol. The van der Waals surface area contributed by atoms with Gasteiger partial charge in [-0.3, -0.25) is 0 Å². The zero-order valence-electron chi connectivity index (χ0n) is 13.4. The van der Waals surface area contributed by atoms with E-state index in [1.54, 1.807) is 0 Å². The molecule has 0 bridgehead atoms. The summed E-state index contributed by atoms with van der Waals surface area (Å²) in [4.78, 5) is 4.96. The second kappa shape index (κ2) is 7.21. The Morgan fingerprint density at radius 3 is 2.60 bits per heavy atom. The third-order valence-corrected chi connectivity index (χ3v) is 4.52. The number of likely N-dealkylation sites (tertiary alicyclic amines) is 1.